The molecular weight excluding hydrogens is 224 g/mol. The van der Waals surface area contributed by atoms with Crippen LogP contribution in [0.25, 0.3) is 0 Å². The van der Waals surface area contributed by atoms with Gasteiger partial charge in [-0.2, -0.15) is 0 Å². The van der Waals surface area contributed by atoms with Gasteiger partial charge in [0.2, 0.25) is 5.91 Å². The lowest BCUT2D eigenvalue weighted by Crippen LogP contribution is -2.36. The second-order valence-electron chi connectivity index (χ2n) is 3.76. The smallest absolute Gasteiger partial charge is 0.287 e. The molecule has 1 heterocycles. The van der Waals surface area contributed by atoms with E-state index in [-0.39, 0.29) is 11.6 Å². The Morgan fingerprint density at radius 1 is 1.53 bits per heavy atom. The van der Waals surface area contributed by atoms with Gasteiger partial charge in [0.25, 0.3) is 5.69 Å². The van der Waals surface area contributed by atoms with E-state index < -0.39 is 11.0 Å². The van der Waals surface area contributed by atoms with E-state index in [0.29, 0.717) is 5.82 Å². The number of pyridine rings is 1. The van der Waals surface area contributed by atoms with Crippen molar-refractivity contribution >= 4 is 17.4 Å². The fraction of sp³-hybridized carbons (Fsp3) is 0.400. The summed E-state index contributed by atoms with van der Waals surface area (Å²) < 4.78 is 0. The third-order valence-corrected chi connectivity index (χ3v) is 2.13. The van der Waals surface area contributed by atoms with Crippen LogP contribution in [-0.4, -0.2) is 40.9 Å². The van der Waals surface area contributed by atoms with E-state index >= 15 is 0 Å². The highest BCUT2D eigenvalue weighted by atomic mass is 16.6. The van der Waals surface area contributed by atoms with Crippen LogP contribution in [0.2, 0.25) is 0 Å². The number of carbonyl (C=O) groups is 1. The Morgan fingerprint density at radius 2 is 2.18 bits per heavy atom. The van der Waals surface area contributed by atoms with Crippen molar-refractivity contribution in [3.05, 3.63) is 28.4 Å². The van der Waals surface area contributed by atoms with Gasteiger partial charge in [0, 0.05) is 20.2 Å². The number of aromatic nitrogens is 1. The highest BCUT2D eigenvalue weighted by molar-refractivity contribution is 5.83. The van der Waals surface area contributed by atoms with Crippen molar-refractivity contribution in [2.24, 2.45) is 0 Å². The van der Waals surface area contributed by atoms with E-state index in [4.69, 9.17) is 0 Å². The van der Waals surface area contributed by atoms with Gasteiger partial charge < -0.3 is 10.2 Å². The minimum atomic E-state index is -0.523. The molecule has 0 spiro atoms. The SMILES string of the molecule is C[C@H](Nc1ccc([N+](=O)[O-])cn1)C(=O)N(C)C. The summed E-state index contributed by atoms with van der Waals surface area (Å²) in [4.78, 5) is 26.8. The number of likely N-dealkylation sites (N-methyl/N-ethyl adjacent to an activating group) is 1. The van der Waals surface area contributed by atoms with E-state index in [1.165, 1.54) is 17.0 Å². The Bertz CT molecular complexity index is 416. The van der Waals surface area contributed by atoms with E-state index in [2.05, 4.69) is 10.3 Å². The number of nitrogens with zero attached hydrogens (tertiary/aromatic N) is 3. The molecule has 17 heavy (non-hydrogen) atoms. The second-order valence-corrected chi connectivity index (χ2v) is 3.76. The van der Waals surface area contributed by atoms with Crippen LogP contribution in [0, 0.1) is 10.1 Å². The maximum atomic E-state index is 11.5. The van der Waals surface area contributed by atoms with Gasteiger partial charge in [0.1, 0.15) is 18.1 Å². The molecule has 0 saturated carbocycles. The van der Waals surface area contributed by atoms with Crippen LogP contribution in [0.15, 0.2) is 18.3 Å². The summed E-state index contributed by atoms with van der Waals surface area (Å²) in [6, 6.07) is 2.37. The van der Waals surface area contributed by atoms with Crippen molar-refractivity contribution in [2.75, 3.05) is 19.4 Å². The average molecular weight is 238 g/mol. The zero-order chi connectivity index (χ0) is 13.0. The highest BCUT2D eigenvalue weighted by Gasteiger charge is 2.15. The molecule has 0 aromatic carbocycles. The van der Waals surface area contributed by atoms with Crippen LogP contribution in [0.4, 0.5) is 11.5 Å². The van der Waals surface area contributed by atoms with Crippen LogP contribution in [0.1, 0.15) is 6.92 Å². The Labute approximate surface area is 98.6 Å². The lowest BCUT2D eigenvalue weighted by Gasteiger charge is -2.18. The molecule has 1 aromatic rings. The van der Waals surface area contributed by atoms with E-state index in [9.17, 15) is 14.9 Å². The molecular formula is C10H14N4O3. The molecule has 7 heteroatoms. The molecule has 1 N–H and O–H groups in total. The third-order valence-electron chi connectivity index (χ3n) is 2.13. The number of anilines is 1. The average Bonchev–Trinajstić information content (AvgIpc) is 2.28. The number of hydrogen-bond acceptors (Lipinski definition) is 5. The first kappa shape index (κ1) is 12.9. The molecule has 0 aliphatic carbocycles. The molecule has 1 amide bonds. The molecule has 0 aliphatic rings. The zero-order valence-electron chi connectivity index (χ0n) is 9.88. The molecule has 92 valence electrons. The van der Waals surface area contributed by atoms with Crippen LogP contribution in [0.5, 0.6) is 0 Å². The Morgan fingerprint density at radius 3 is 2.59 bits per heavy atom. The predicted octanol–water partition coefficient (Wildman–Crippen LogP) is 0.878. The summed E-state index contributed by atoms with van der Waals surface area (Å²) in [6.45, 7) is 1.70. The van der Waals surface area contributed by atoms with Gasteiger partial charge in [0.15, 0.2) is 0 Å². The van der Waals surface area contributed by atoms with Gasteiger partial charge in [-0.3, -0.25) is 14.9 Å². The summed E-state index contributed by atoms with van der Waals surface area (Å²) in [5, 5.41) is 13.3. The summed E-state index contributed by atoms with van der Waals surface area (Å²) in [5.74, 6) is 0.337. The van der Waals surface area contributed by atoms with Crippen LogP contribution >= 0.6 is 0 Å². The normalized spacial score (nSPS) is 11.7. The standard InChI is InChI=1S/C10H14N4O3/c1-7(10(15)13(2)3)12-9-5-4-8(6-11-9)14(16)17/h4-7H,1-3H3,(H,11,12)/t7-/m0/s1. The van der Waals surface area contributed by atoms with Gasteiger partial charge in [-0.05, 0) is 13.0 Å². The first-order chi connectivity index (χ1) is 7.91. The molecule has 1 aromatic heterocycles. The molecule has 0 unspecified atom stereocenters. The van der Waals surface area contributed by atoms with Crippen LogP contribution in [0.3, 0.4) is 0 Å². The summed E-state index contributed by atoms with van der Waals surface area (Å²) in [7, 11) is 3.31. The van der Waals surface area contributed by atoms with Crippen molar-refractivity contribution < 1.29 is 9.72 Å². The minimum absolute atomic E-state index is 0.0814. The van der Waals surface area contributed by atoms with Gasteiger partial charge in [-0.1, -0.05) is 0 Å². The Kier molecular flexibility index (Phi) is 3.97. The number of nitrogens with one attached hydrogen (secondary N) is 1. The monoisotopic (exact) mass is 238 g/mol. The summed E-state index contributed by atoms with van der Waals surface area (Å²) >= 11 is 0. The molecule has 0 fully saturated rings. The minimum Gasteiger partial charge on any atom is -0.359 e. The van der Waals surface area contributed by atoms with Gasteiger partial charge in [-0.15, -0.1) is 0 Å². The molecule has 1 atom stereocenters. The summed E-state index contributed by atoms with van der Waals surface area (Å²) in [6.07, 6.45) is 1.15. The Balaban J connectivity index is 2.69. The maximum Gasteiger partial charge on any atom is 0.287 e. The first-order valence-electron chi connectivity index (χ1n) is 5.00. The van der Waals surface area contributed by atoms with Crippen molar-refractivity contribution in [3.8, 4) is 0 Å². The second kappa shape index (κ2) is 5.24. The zero-order valence-corrected chi connectivity index (χ0v) is 9.88. The predicted molar refractivity (Wildman–Crippen MR) is 62.7 cm³/mol. The number of nitro groups is 1. The van der Waals surface area contributed by atoms with Crippen LogP contribution in [-0.2, 0) is 4.79 Å². The lowest BCUT2D eigenvalue weighted by molar-refractivity contribution is -0.385. The van der Waals surface area contributed by atoms with Gasteiger partial charge in [0.05, 0.1) is 4.92 Å². The Hall–Kier alpha value is -2.18. The maximum absolute atomic E-state index is 11.5. The largest absolute Gasteiger partial charge is 0.359 e. The quantitative estimate of drug-likeness (QED) is 0.621. The van der Waals surface area contributed by atoms with Crippen molar-refractivity contribution in [1.29, 1.82) is 0 Å². The third kappa shape index (κ3) is 3.40. The van der Waals surface area contributed by atoms with Crippen molar-refractivity contribution in [2.45, 2.75) is 13.0 Å². The number of carbonyl (C=O) groups excluding carboxylic acids is 1. The first-order valence-corrected chi connectivity index (χ1v) is 5.00. The molecule has 0 saturated heterocycles. The van der Waals surface area contributed by atoms with E-state index in [1.807, 2.05) is 0 Å². The number of rotatable bonds is 4. The summed E-state index contributed by atoms with van der Waals surface area (Å²) in [5.41, 5.74) is -0.0814. The van der Waals surface area contributed by atoms with E-state index in [0.717, 1.165) is 6.20 Å². The van der Waals surface area contributed by atoms with Gasteiger partial charge >= 0.3 is 0 Å². The number of hydrogen-bond donors (Lipinski definition) is 1. The molecule has 0 aliphatic heterocycles. The van der Waals surface area contributed by atoms with Crippen molar-refractivity contribution in [3.63, 3.8) is 0 Å². The van der Waals surface area contributed by atoms with Crippen LogP contribution < -0.4 is 5.32 Å². The highest BCUT2D eigenvalue weighted by Crippen LogP contribution is 2.12. The molecule has 0 radical (unpaired) electrons. The molecule has 0 bridgehead atoms. The molecule has 7 nitrogen and oxygen atoms in total. The van der Waals surface area contributed by atoms with E-state index in [1.54, 1.807) is 21.0 Å². The van der Waals surface area contributed by atoms with Gasteiger partial charge in [-0.25, -0.2) is 4.98 Å². The van der Waals surface area contributed by atoms with Crippen molar-refractivity contribution in [1.82, 2.24) is 9.88 Å². The fourth-order valence-electron chi connectivity index (χ4n) is 1.25. The fourth-order valence-corrected chi connectivity index (χ4v) is 1.25. The number of amides is 1. The molecule has 1 rings (SSSR count). The lowest BCUT2D eigenvalue weighted by atomic mass is 10.3. The topological polar surface area (TPSA) is 88.4 Å².